The molecule has 0 saturated heterocycles. The number of nitrogens with zero attached hydrogens (tertiary/aromatic N) is 1. The van der Waals surface area contributed by atoms with Crippen LogP contribution in [0.3, 0.4) is 0 Å². The summed E-state index contributed by atoms with van der Waals surface area (Å²) < 4.78 is 0. The van der Waals surface area contributed by atoms with Gasteiger partial charge in [-0.25, -0.2) is 0 Å². The molecule has 0 saturated carbocycles. The quantitative estimate of drug-likeness (QED) is 0.597. The molecular formula is C24H31ClN2O2. The summed E-state index contributed by atoms with van der Waals surface area (Å²) in [5, 5.41) is 3.55. The van der Waals surface area contributed by atoms with Crippen LogP contribution in [0.25, 0.3) is 0 Å². The van der Waals surface area contributed by atoms with E-state index >= 15 is 0 Å². The van der Waals surface area contributed by atoms with Crippen LogP contribution < -0.4 is 5.32 Å². The second-order valence-electron chi connectivity index (χ2n) is 7.64. The summed E-state index contributed by atoms with van der Waals surface area (Å²) in [6.07, 6.45) is 2.19. The summed E-state index contributed by atoms with van der Waals surface area (Å²) in [6, 6.07) is 13.0. The number of nitrogens with one attached hydrogen (secondary N) is 1. The zero-order valence-electron chi connectivity index (χ0n) is 17.8. The topological polar surface area (TPSA) is 49.4 Å². The lowest BCUT2D eigenvalue weighted by Gasteiger charge is -2.29. The summed E-state index contributed by atoms with van der Waals surface area (Å²) in [6.45, 7) is 8.87. The fourth-order valence-electron chi connectivity index (χ4n) is 3.40. The lowest BCUT2D eigenvalue weighted by molar-refractivity contribution is -0.140. The van der Waals surface area contributed by atoms with Gasteiger partial charge in [0.05, 0.1) is 6.42 Å². The van der Waals surface area contributed by atoms with Crippen LogP contribution in [-0.4, -0.2) is 29.3 Å². The number of unbranched alkanes of at least 4 members (excludes halogenated alkanes) is 1. The summed E-state index contributed by atoms with van der Waals surface area (Å²) in [4.78, 5) is 27.5. The smallest absolute Gasteiger partial charge is 0.242 e. The van der Waals surface area contributed by atoms with Crippen molar-refractivity contribution < 1.29 is 9.59 Å². The summed E-state index contributed by atoms with van der Waals surface area (Å²) >= 11 is 6.12. The van der Waals surface area contributed by atoms with E-state index in [-0.39, 0.29) is 18.2 Å². The molecule has 2 aromatic rings. The monoisotopic (exact) mass is 414 g/mol. The van der Waals surface area contributed by atoms with Gasteiger partial charge in [-0.15, -0.1) is 0 Å². The predicted octanol–water partition coefficient (Wildman–Crippen LogP) is 4.83. The van der Waals surface area contributed by atoms with Crippen molar-refractivity contribution in [1.82, 2.24) is 10.2 Å². The molecular weight excluding hydrogens is 384 g/mol. The van der Waals surface area contributed by atoms with Crippen LogP contribution in [-0.2, 0) is 22.6 Å². The van der Waals surface area contributed by atoms with E-state index in [0.717, 1.165) is 35.1 Å². The molecule has 2 amide bonds. The molecule has 0 aliphatic carbocycles. The van der Waals surface area contributed by atoms with Gasteiger partial charge >= 0.3 is 0 Å². The molecule has 0 bridgehead atoms. The lowest BCUT2D eigenvalue weighted by Crippen LogP contribution is -2.48. The van der Waals surface area contributed by atoms with Crippen molar-refractivity contribution >= 4 is 23.4 Å². The molecule has 0 spiro atoms. The summed E-state index contributed by atoms with van der Waals surface area (Å²) in [5.41, 5.74) is 4.11. The Balaban J connectivity index is 2.22. The van der Waals surface area contributed by atoms with Gasteiger partial charge in [0.15, 0.2) is 0 Å². The average Bonchev–Trinajstić information content (AvgIpc) is 2.64. The largest absolute Gasteiger partial charge is 0.354 e. The number of carbonyl (C=O) groups is 2. The van der Waals surface area contributed by atoms with E-state index in [1.165, 1.54) is 0 Å². The molecule has 0 heterocycles. The zero-order chi connectivity index (χ0) is 21.4. The van der Waals surface area contributed by atoms with Gasteiger partial charge < -0.3 is 10.2 Å². The Morgan fingerprint density at radius 2 is 1.76 bits per heavy atom. The fourth-order valence-corrected chi connectivity index (χ4v) is 3.61. The number of hydrogen-bond acceptors (Lipinski definition) is 2. The van der Waals surface area contributed by atoms with Crippen molar-refractivity contribution in [2.75, 3.05) is 6.54 Å². The molecule has 2 rings (SSSR count). The van der Waals surface area contributed by atoms with Gasteiger partial charge in [-0.05, 0) is 50.5 Å². The number of amides is 2. The minimum atomic E-state index is -0.566. The lowest BCUT2D eigenvalue weighted by atomic mass is 10.0. The van der Waals surface area contributed by atoms with Crippen molar-refractivity contribution in [3.63, 3.8) is 0 Å². The van der Waals surface area contributed by atoms with Gasteiger partial charge in [0.25, 0.3) is 0 Å². The highest BCUT2D eigenvalue weighted by Crippen LogP contribution is 2.17. The zero-order valence-corrected chi connectivity index (χ0v) is 18.6. The Morgan fingerprint density at radius 3 is 2.38 bits per heavy atom. The van der Waals surface area contributed by atoms with Gasteiger partial charge in [-0.3, -0.25) is 9.59 Å². The molecule has 29 heavy (non-hydrogen) atoms. The maximum atomic E-state index is 13.2. The summed E-state index contributed by atoms with van der Waals surface area (Å²) in [5.74, 6) is -0.206. The normalized spacial score (nSPS) is 11.8. The van der Waals surface area contributed by atoms with Gasteiger partial charge in [0.1, 0.15) is 6.04 Å². The first-order valence-electron chi connectivity index (χ1n) is 10.2. The molecule has 0 aliphatic rings. The molecule has 0 unspecified atom stereocenters. The van der Waals surface area contributed by atoms with Crippen LogP contribution in [0, 0.1) is 13.8 Å². The van der Waals surface area contributed by atoms with Gasteiger partial charge in [-0.2, -0.15) is 0 Å². The Hall–Kier alpha value is -2.33. The molecule has 4 nitrogen and oxygen atoms in total. The average molecular weight is 415 g/mol. The van der Waals surface area contributed by atoms with Crippen LogP contribution in [0.15, 0.2) is 42.5 Å². The Labute approximate surface area is 179 Å². The van der Waals surface area contributed by atoms with Crippen molar-refractivity contribution in [3.8, 4) is 0 Å². The molecule has 0 radical (unpaired) electrons. The first-order valence-corrected chi connectivity index (χ1v) is 10.6. The highest BCUT2D eigenvalue weighted by molar-refractivity contribution is 6.30. The first-order chi connectivity index (χ1) is 13.8. The van der Waals surface area contributed by atoms with Crippen LogP contribution in [0.1, 0.15) is 48.9 Å². The second-order valence-corrected chi connectivity index (χ2v) is 8.08. The van der Waals surface area contributed by atoms with E-state index in [0.29, 0.717) is 18.1 Å². The van der Waals surface area contributed by atoms with Crippen LogP contribution in [0.5, 0.6) is 0 Å². The third-order valence-corrected chi connectivity index (χ3v) is 5.11. The van der Waals surface area contributed by atoms with E-state index in [1.807, 2.05) is 44.2 Å². The van der Waals surface area contributed by atoms with Crippen LogP contribution in [0.4, 0.5) is 0 Å². The molecule has 1 atom stereocenters. The van der Waals surface area contributed by atoms with Crippen molar-refractivity contribution in [2.24, 2.45) is 0 Å². The SMILES string of the molecule is CCCCNC(=O)[C@H](C)N(Cc1cccc(Cl)c1)C(=O)Cc1cc(C)cc(C)c1. The minimum absolute atomic E-state index is 0.0758. The predicted molar refractivity (Wildman–Crippen MR) is 119 cm³/mol. The Bertz CT molecular complexity index is 830. The highest BCUT2D eigenvalue weighted by Gasteiger charge is 2.26. The molecule has 2 aromatic carbocycles. The van der Waals surface area contributed by atoms with Gasteiger partial charge in [0, 0.05) is 18.1 Å². The maximum Gasteiger partial charge on any atom is 0.242 e. The third kappa shape index (κ3) is 7.21. The number of carbonyl (C=O) groups excluding carboxylic acids is 2. The standard InChI is InChI=1S/C24H31ClN2O2/c1-5-6-10-26-24(29)19(4)27(16-20-8-7-9-22(25)14-20)23(28)15-21-12-17(2)11-18(3)13-21/h7-9,11-14,19H,5-6,10,15-16H2,1-4H3,(H,26,29)/t19-/m0/s1. The van der Waals surface area contributed by atoms with E-state index in [9.17, 15) is 9.59 Å². The number of hydrogen-bond donors (Lipinski definition) is 1. The molecule has 156 valence electrons. The van der Waals surface area contributed by atoms with E-state index in [4.69, 9.17) is 11.6 Å². The number of benzene rings is 2. The second kappa shape index (κ2) is 11.0. The fraction of sp³-hybridized carbons (Fsp3) is 0.417. The minimum Gasteiger partial charge on any atom is -0.354 e. The molecule has 0 aromatic heterocycles. The number of aryl methyl sites for hydroxylation is 2. The number of halogens is 1. The molecule has 0 aliphatic heterocycles. The van der Waals surface area contributed by atoms with Gasteiger partial charge in [-0.1, -0.05) is 66.4 Å². The Morgan fingerprint density at radius 1 is 1.07 bits per heavy atom. The van der Waals surface area contributed by atoms with Gasteiger partial charge in [0.2, 0.25) is 11.8 Å². The van der Waals surface area contributed by atoms with E-state index in [2.05, 4.69) is 18.3 Å². The van der Waals surface area contributed by atoms with Crippen LogP contribution in [0.2, 0.25) is 5.02 Å². The molecule has 5 heteroatoms. The molecule has 1 N–H and O–H groups in total. The maximum absolute atomic E-state index is 13.2. The van der Waals surface area contributed by atoms with Crippen molar-refractivity contribution in [3.05, 3.63) is 69.7 Å². The van der Waals surface area contributed by atoms with Crippen molar-refractivity contribution in [1.29, 1.82) is 0 Å². The van der Waals surface area contributed by atoms with Crippen LogP contribution >= 0.6 is 11.6 Å². The van der Waals surface area contributed by atoms with E-state index in [1.54, 1.807) is 17.9 Å². The molecule has 0 fully saturated rings. The van der Waals surface area contributed by atoms with E-state index < -0.39 is 6.04 Å². The third-order valence-electron chi connectivity index (χ3n) is 4.88. The highest BCUT2D eigenvalue weighted by atomic mass is 35.5. The number of rotatable bonds is 9. The summed E-state index contributed by atoms with van der Waals surface area (Å²) in [7, 11) is 0. The van der Waals surface area contributed by atoms with Crippen molar-refractivity contribution in [2.45, 2.75) is 59.5 Å². The first kappa shape index (κ1) is 23.0. The Kier molecular flexibility index (Phi) is 8.71.